The summed E-state index contributed by atoms with van der Waals surface area (Å²) in [6.07, 6.45) is 0.0821. The number of nitrogens with zero attached hydrogens (tertiary/aromatic N) is 3. The SMILES string of the molecule is CC(=O)CN1CCN(CCC(=O)O)CCN(CC(=O)OC(C)(C)C)CC1. The van der Waals surface area contributed by atoms with Crippen LogP contribution in [-0.4, -0.2) is 102 Å². The molecule has 0 bridgehead atoms. The van der Waals surface area contributed by atoms with Crippen LogP contribution >= 0.6 is 0 Å². The minimum atomic E-state index is -0.823. The number of aliphatic carboxylic acids is 1. The smallest absolute Gasteiger partial charge is 0.320 e. The van der Waals surface area contributed by atoms with E-state index in [0.29, 0.717) is 52.4 Å². The van der Waals surface area contributed by atoms with E-state index < -0.39 is 11.6 Å². The summed E-state index contributed by atoms with van der Waals surface area (Å²) >= 11 is 0. The van der Waals surface area contributed by atoms with Gasteiger partial charge in [0.05, 0.1) is 19.5 Å². The van der Waals surface area contributed by atoms with E-state index in [0.717, 1.165) is 0 Å². The summed E-state index contributed by atoms with van der Waals surface area (Å²) in [6, 6.07) is 0. The number of rotatable bonds is 7. The monoisotopic (exact) mass is 371 g/mol. The Labute approximate surface area is 156 Å². The number of ketones is 1. The van der Waals surface area contributed by atoms with Crippen LogP contribution in [0.2, 0.25) is 0 Å². The molecular weight excluding hydrogens is 338 g/mol. The topological polar surface area (TPSA) is 90.4 Å². The Morgan fingerprint density at radius 2 is 1.35 bits per heavy atom. The van der Waals surface area contributed by atoms with E-state index >= 15 is 0 Å². The van der Waals surface area contributed by atoms with Gasteiger partial charge in [0.2, 0.25) is 0 Å². The fourth-order valence-corrected chi connectivity index (χ4v) is 2.85. The van der Waals surface area contributed by atoms with E-state index in [1.54, 1.807) is 6.92 Å². The normalized spacial score (nSPS) is 18.6. The van der Waals surface area contributed by atoms with Crippen LogP contribution in [0, 0.1) is 0 Å². The molecule has 8 heteroatoms. The van der Waals surface area contributed by atoms with Gasteiger partial charge in [0.1, 0.15) is 11.4 Å². The van der Waals surface area contributed by atoms with Crippen LogP contribution < -0.4 is 0 Å². The van der Waals surface area contributed by atoms with Gasteiger partial charge in [-0.25, -0.2) is 0 Å². The molecule has 0 amide bonds. The second-order valence-electron chi connectivity index (χ2n) is 7.83. The van der Waals surface area contributed by atoms with Gasteiger partial charge in [-0.2, -0.15) is 0 Å². The number of ether oxygens (including phenoxy) is 1. The first-order valence-electron chi connectivity index (χ1n) is 9.15. The van der Waals surface area contributed by atoms with Gasteiger partial charge in [-0.1, -0.05) is 0 Å². The van der Waals surface area contributed by atoms with Crippen LogP contribution in [0.15, 0.2) is 0 Å². The zero-order valence-corrected chi connectivity index (χ0v) is 16.5. The highest BCUT2D eigenvalue weighted by atomic mass is 16.6. The number of hydrogen-bond acceptors (Lipinski definition) is 7. The van der Waals surface area contributed by atoms with Gasteiger partial charge < -0.3 is 14.7 Å². The number of carboxylic acid groups (broad SMARTS) is 1. The zero-order valence-electron chi connectivity index (χ0n) is 16.5. The van der Waals surface area contributed by atoms with E-state index in [4.69, 9.17) is 9.84 Å². The van der Waals surface area contributed by atoms with Crippen LogP contribution in [0.5, 0.6) is 0 Å². The van der Waals surface area contributed by atoms with Gasteiger partial charge in [0, 0.05) is 45.8 Å². The molecule has 0 spiro atoms. The highest BCUT2D eigenvalue weighted by Crippen LogP contribution is 2.08. The highest BCUT2D eigenvalue weighted by Gasteiger charge is 2.22. The van der Waals surface area contributed by atoms with Gasteiger partial charge in [-0.3, -0.25) is 24.2 Å². The number of carbonyl (C=O) groups excluding carboxylic acids is 2. The molecule has 0 saturated carbocycles. The molecule has 0 aromatic carbocycles. The van der Waals surface area contributed by atoms with Crippen molar-refractivity contribution in [1.82, 2.24) is 14.7 Å². The molecule has 1 fully saturated rings. The maximum absolute atomic E-state index is 12.1. The zero-order chi connectivity index (χ0) is 19.7. The third-order valence-electron chi connectivity index (χ3n) is 4.06. The van der Waals surface area contributed by atoms with Crippen molar-refractivity contribution >= 4 is 17.7 Å². The first kappa shape index (κ1) is 22.5. The third kappa shape index (κ3) is 10.5. The second kappa shape index (κ2) is 10.6. The fourth-order valence-electron chi connectivity index (χ4n) is 2.85. The molecule has 1 aliphatic rings. The predicted molar refractivity (Wildman–Crippen MR) is 98.1 cm³/mol. The van der Waals surface area contributed by atoms with E-state index in [-0.39, 0.29) is 24.7 Å². The molecule has 26 heavy (non-hydrogen) atoms. The van der Waals surface area contributed by atoms with Crippen molar-refractivity contribution in [3.8, 4) is 0 Å². The van der Waals surface area contributed by atoms with Crippen molar-refractivity contribution in [2.24, 2.45) is 0 Å². The largest absolute Gasteiger partial charge is 0.481 e. The van der Waals surface area contributed by atoms with Crippen LogP contribution in [0.3, 0.4) is 0 Å². The summed E-state index contributed by atoms with van der Waals surface area (Å²) in [5, 5.41) is 8.92. The standard InChI is InChI=1S/C18H33N3O5/c1-15(22)13-20-9-7-19(6-5-16(23)24)8-10-21(12-11-20)14-17(25)26-18(2,3)4/h5-14H2,1-4H3,(H,23,24). The maximum atomic E-state index is 12.1. The molecule has 1 N–H and O–H groups in total. The Kier molecular flexibility index (Phi) is 9.18. The molecule has 0 aliphatic carbocycles. The van der Waals surface area contributed by atoms with E-state index in [1.807, 2.05) is 25.7 Å². The molecule has 1 aliphatic heterocycles. The van der Waals surface area contributed by atoms with Crippen molar-refractivity contribution in [2.45, 2.75) is 39.7 Å². The molecule has 0 atom stereocenters. The summed E-state index contributed by atoms with van der Waals surface area (Å²) in [5.41, 5.74) is -0.523. The van der Waals surface area contributed by atoms with Crippen LogP contribution in [0.25, 0.3) is 0 Å². The quantitative estimate of drug-likeness (QED) is 0.640. The second-order valence-corrected chi connectivity index (χ2v) is 7.83. The van der Waals surface area contributed by atoms with Crippen LogP contribution in [0.1, 0.15) is 34.1 Å². The predicted octanol–water partition coefficient (Wildman–Crippen LogP) is 0.311. The van der Waals surface area contributed by atoms with Crippen molar-refractivity contribution in [3.05, 3.63) is 0 Å². The van der Waals surface area contributed by atoms with Crippen LogP contribution in [0.4, 0.5) is 0 Å². The van der Waals surface area contributed by atoms with E-state index in [9.17, 15) is 14.4 Å². The number of carbonyl (C=O) groups is 3. The Morgan fingerprint density at radius 1 is 0.885 bits per heavy atom. The summed E-state index contributed by atoms with van der Waals surface area (Å²) < 4.78 is 5.40. The minimum Gasteiger partial charge on any atom is -0.481 e. The summed E-state index contributed by atoms with van der Waals surface area (Å²) in [7, 11) is 0. The van der Waals surface area contributed by atoms with Crippen molar-refractivity contribution in [1.29, 1.82) is 0 Å². The Morgan fingerprint density at radius 3 is 1.77 bits per heavy atom. The van der Waals surface area contributed by atoms with E-state index in [2.05, 4.69) is 9.80 Å². The molecule has 0 aromatic heterocycles. The lowest BCUT2D eigenvalue weighted by molar-refractivity contribution is -0.156. The molecule has 0 radical (unpaired) electrons. The highest BCUT2D eigenvalue weighted by molar-refractivity contribution is 5.77. The summed E-state index contributed by atoms with van der Waals surface area (Å²) in [6.45, 7) is 12.2. The molecule has 1 rings (SSSR count). The molecule has 1 saturated heterocycles. The first-order valence-corrected chi connectivity index (χ1v) is 9.15. The summed E-state index contributed by atoms with van der Waals surface area (Å²) in [4.78, 5) is 40.6. The fraction of sp³-hybridized carbons (Fsp3) is 0.833. The maximum Gasteiger partial charge on any atom is 0.320 e. The first-order chi connectivity index (χ1) is 12.0. The van der Waals surface area contributed by atoms with Gasteiger partial charge in [-0.05, 0) is 27.7 Å². The van der Waals surface area contributed by atoms with Crippen molar-refractivity contribution in [3.63, 3.8) is 0 Å². The molecule has 0 aromatic rings. The lowest BCUT2D eigenvalue weighted by atomic mass is 10.2. The Bertz CT molecular complexity index is 490. The average Bonchev–Trinajstić information content (AvgIpc) is 2.55. The van der Waals surface area contributed by atoms with Gasteiger partial charge >= 0.3 is 11.9 Å². The number of esters is 1. The Hall–Kier alpha value is -1.51. The van der Waals surface area contributed by atoms with Gasteiger partial charge in [-0.15, -0.1) is 0 Å². The lowest BCUT2D eigenvalue weighted by Crippen LogP contribution is -2.41. The summed E-state index contributed by atoms with van der Waals surface area (Å²) in [5.74, 6) is -0.997. The van der Waals surface area contributed by atoms with E-state index in [1.165, 1.54) is 0 Å². The van der Waals surface area contributed by atoms with Gasteiger partial charge in [0.15, 0.2) is 0 Å². The molecular formula is C18H33N3O5. The average molecular weight is 371 g/mol. The minimum absolute atomic E-state index is 0.0821. The molecule has 1 heterocycles. The Balaban J connectivity index is 2.70. The van der Waals surface area contributed by atoms with Gasteiger partial charge in [0.25, 0.3) is 0 Å². The van der Waals surface area contributed by atoms with Crippen molar-refractivity contribution < 1.29 is 24.2 Å². The third-order valence-corrected chi connectivity index (χ3v) is 4.06. The molecule has 0 unspecified atom stereocenters. The van der Waals surface area contributed by atoms with Crippen molar-refractivity contribution in [2.75, 3.05) is 58.9 Å². The number of hydrogen-bond donors (Lipinski definition) is 1. The molecule has 8 nitrogen and oxygen atoms in total. The number of carboxylic acids is 1. The molecule has 150 valence electrons. The van der Waals surface area contributed by atoms with Crippen LogP contribution in [-0.2, 0) is 19.1 Å². The lowest BCUT2D eigenvalue weighted by Gasteiger charge is -2.26. The number of Topliss-reactive ketones (excluding diaryl/α,β-unsaturated/α-hetero) is 1.